The fourth-order valence-electron chi connectivity index (χ4n) is 1.02. The van der Waals surface area contributed by atoms with E-state index in [-0.39, 0.29) is 11.4 Å². The quantitative estimate of drug-likeness (QED) is 0.527. The second-order valence-electron chi connectivity index (χ2n) is 2.43. The van der Waals surface area contributed by atoms with Crippen LogP contribution in [-0.2, 0) is 0 Å². The number of pyridine rings is 1. The molecule has 0 radical (unpaired) electrons. The largest absolute Gasteiger partial charge is 0.367 e. The normalized spacial score (nSPS) is 9.50. The molecule has 0 unspecified atom stereocenters. The van der Waals surface area contributed by atoms with Gasteiger partial charge in [-0.1, -0.05) is 0 Å². The van der Waals surface area contributed by atoms with Gasteiger partial charge in [-0.25, -0.2) is 4.98 Å². The number of nitro groups is 1. The molecule has 7 heteroatoms. The van der Waals surface area contributed by atoms with Crippen molar-refractivity contribution in [2.45, 2.75) is 0 Å². The Hall–Kier alpha value is -2.18. The van der Waals surface area contributed by atoms with Gasteiger partial charge in [0.15, 0.2) is 0 Å². The Morgan fingerprint density at radius 3 is 2.79 bits per heavy atom. The molecule has 74 valence electrons. The van der Waals surface area contributed by atoms with E-state index in [4.69, 9.17) is 5.73 Å². The van der Waals surface area contributed by atoms with Gasteiger partial charge in [0.05, 0.1) is 4.92 Å². The van der Waals surface area contributed by atoms with Crippen LogP contribution >= 0.6 is 0 Å². The molecule has 0 spiro atoms. The predicted molar refractivity (Wildman–Crippen MR) is 49.0 cm³/mol. The lowest BCUT2D eigenvalue weighted by molar-refractivity contribution is -0.384. The molecule has 0 aromatic carbocycles. The van der Waals surface area contributed by atoms with Gasteiger partial charge >= 0.3 is 5.69 Å². The highest BCUT2D eigenvalue weighted by Crippen LogP contribution is 2.25. The van der Waals surface area contributed by atoms with E-state index < -0.39 is 16.5 Å². The number of rotatable bonds is 3. The van der Waals surface area contributed by atoms with Crippen LogP contribution < -0.4 is 11.1 Å². The van der Waals surface area contributed by atoms with E-state index in [2.05, 4.69) is 10.3 Å². The lowest BCUT2D eigenvalue weighted by Crippen LogP contribution is -2.14. The third-order valence-electron chi connectivity index (χ3n) is 1.61. The van der Waals surface area contributed by atoms with Crippen molar-refractivity contribution >= 4 is 17.4 Å². The third kappa shape index (κ3) is 1.60. The van der Waals surface area contributed by atoms with Crippen LogP contribution in [0.3, 0.4) is 0 Å². The molecule has 0 saturated heterocycles. The molecule has 0 atom stereocenters. The number of carbonyl (C=O) groups is 1. The van der Waals surface area contributed by atoms with Crippen LogP contribution in [0.25, 0.3) is 0 Å². The average molecular weight is 196 g/mol. The van der Waals surface area contributed by atoms with Gasteiger partial charge in [-0.2, -0.15) is 0 Å². The number of hydrogen-bond acceptors (Lipinski definition) is 5. The molecular weight excluding hydrogens is 188 g/mol. The summed E-state index contributed by atoms with van der Waals surface area (Å²) in [5.74, 6) is -0.832. The van der Waals surface area contributed by atoms with Gasteiger partial charge < -0.3 is 11.1 Å². The molecule has 0 bridgehead atoms. The topological polar surface area (TPSA) is 111 Å². The summed E-state index contributed by atoms with van der Waals surface area (Å²) in [6.07, 6.45) is 1.28. The van der Waals surface area contributed by atoms with Crippen molar-refractivity contribution in [3.8, 4) is 0 Å². The van der Waals surface area contributed by atoms with Gasteiger partial charge in [-0.05, 0) is 6.07 Å². The number of nitrogens with two attached hydrogens (primary N) is 1. The molecule has 0 saturated carbocycles. The molecule has 0 fully saturated rings. The zero-order valence-corrected chi connectivity index (χ0v) is 7.35. The molecule has 1 aromatic heterocycles. The average Bonchev–Trinajstić information content (AvgIpc) is 2.16. The van der Waals surface area contributed by atoms with Crippen molar-refractivity contribution in [1.82, 2.24) is 4.98 Å². The van der Waals surface area contributed by atoms with Crippen LogP contribution in [0.4, 0.5) is 11.5 Å². The van der Waals surface area contributed by atoms with E-state index in [9.17, 15) is 14.9 Å². The Labute approximate surface area is 79.1 Å². The van der Waals surface area contributed by atoms with Crippen molar-refractivity contribution in [3.63, 3.8) is 0 Å². The first-order valence-corrected chi connectivity index (χ1v) is 3.69. The standard InChI is InChI=1S/C7H8N4O3/c1-9-7-5(11(13)14)4(6(8)12)2-3-10-7/h2-3H,1H3,(H2,8,12)(H,9,10). The predicted octanol–water partition coefficient (Wildman–Crippen LogP) is 0.130. The maximum atomic E-state index is 10.9. The Kier molecular flexibility index (Phi) is 2.61. The molecule has 7 nitrogen and oxygen atoms in total. The number of anilines is 1. The van der Waals surface area contributed by atoms with Crippen molar-refractivity contribution in [3.05, 3.63) is 27.9 Å². The first kappa shape index (κ1) is 9.90. The van der Waals surface area contributed by atoms with E-state index >= 15 is 0 Å². The van der Waals surface area contributed by atoms with Gasteiger partial charge in [0, 0.05) is 13.2 Å². The first-order valence-electron chi connectivity index (χ1n) is 3.69. The third-order valence-corrected chi connectivity index (χ3v) is 1.61. The van der Waals surface area contributed by atoms with Crippen LogP contribution in [-0.4, -0.2) is 22.9 Å². The van der Waals surface area contributed by atoms with Crippen LogP contribution in [0.5, 0.6) is 0 Å². The summed E-state index contributed by atoms with van der Waals surface area (Å²) in [5, 5.41) is 13.1. The number of amides is 1. The van der Waals surface area contributed by atoms with Crippen molar-refractivity contribution in [2.24, 2.45) is 5.73 Å². The summed E-state index contributed by atoms with van der Waals surface area (Å²) < 4.78 is 0. The molecule has 14 heavy (non-hydrogen) atoms. The van der Waals surface area contributed by atoms with Crippen molar-refractivity contribution < 1.29 is 9.72 Å². The molecule has 1 amide bonds. The summed E-state index contributed by atoms with van der Waals surface area (Å²) in [6, 6.07) is 1.21. The van der Waals surface area contributed by atoms with E-state index in [1.165, 1.54) is 19.3 Å². The van der Waals surface area contributed by atoms with Gasteiger partial charge in [0.1, 0.15) is 5.56 Å². The number of nitrogens with one attached hydrogen (secondary N) is 1. The first-order chi connectivity index (χ1) is 6.57. The molecule has 0 aliphatic carbocycles. The summed E-state index contributed by atoms with van der Waals surface area (Å²) >= 11 is 0. The van der Waals surface area contributed by atoms with E-state index in [1.54, 1.807) is 0 Å². The van der Waals surface area contributed by atoms with Gasteiger partial charge in [-0.15, -0.1) is 0 Å². The second-order valence-corrected chi connectivity index (χ2v) is 2.43. The molecule has 1 rings (SSSR count). The Bertz CT molecular complexity index is 391. The van der Waals surface area contributed by atoms with Gasteiger partial charge in [-0.3, -0.25) is 14.9 Å². The molecule has 0 aliphatic rings. The summed E-state index contributed by atoms with van der Waals surface area (Å²) in [7, 11) is 1.47. The molecule has 3 N–H and O–H groups in total. The highest BCUT2D eigenvalue weighted by atomic mass is 16.6. The Morgan fingerprint density at radius 2 is 2.36 bits per heavy atom. The van der Waals surface area contributed by atoms with Crippen LogP contribution in [0.1, 0.15) is 10.4 Å². The van der Waals surface area contributed by atoms with Crippen LogP contribution in [0.15, 0.2) is 12.3 Å². The van der Waals surface area contributed by atoms with Gasteiger partial charge in [0.2, 0.25) is 5.82 Å². The summed E-state index contributed by atoms with van der Waals surface area (Å²) in [5.41, 5.74) is 4.42. The highest BCUT2D eigenvalue weighted by Gasteiger charge is 2.23. The molecule has 1 aromatic rings. The van der Waals surface area contributed by atoms with Crippen LogP contribution in [0.2, 0.25) is 0 Å². The smallest absolute Gasteiger partial charge is 0.324 e. The van der Waals surface area contributed by atoms with Crippen LogP contribution in [0, 0.1) is 10.1 Å². The van der Waals surface area contributed by atoms with Gasteiger partial charge in [0.25, 0.3) is 5.91 Å². The number of aromatic nitrogens is 1. The lowest BCUT2D eigenvalue weighted by Gasteiger charge is -2.02. The molecule has 0 aliphatic heterocycles. The monoisotopic (exact) mass is 196 g/mol. The SMILES string of the molecule is CNc1nccc(C(N)=O)c1[N+](=O)[O-]. The molecule has 1 heterocycles. The second kappa shape index (κ2) is 3.69. The number of primary amides is 1. The number of carbonyl (C=O) groups excluding carboxylic acids is 1. The maximum Gasteiger partial charge on any atom is 0.324 e. The zero-order chi connectivity index (χ0) is 10.7. The van der Waals surface area contributed by atoms with E-state index in [1.807, 2.05) is 0 Å². The fourth-order valence-corrected chi connectivity index (χ4v) is 1.02. The maximum absolute atomic E-state index is 10.9. The minimum atomic E-state index is -0.851. The van der Waals surface area contributed by atoms with E-state index in [0.29, 0.717) is 0 Å². The Balaban J connectivity index is 3.43. The number of nitrogens with zero attached hydrogens (tertiary/aromatic N) is 2. The highest BCUT2D eigenvalue weighted by molar-refractivity contribution is 5.98. The lowest BCUT2D eigenvalue weighted by atomic mass is 10.2. The summed E-state index contributed by atoms with van der Waals surface area (Å²) in [4.78, 5) is 24.5. The molecular formula is C7H8N4O3. The summed E-state index contributed by atoms with van der Waals surface area (Å²) in [6.45, 7) is 0. The van der Waals surface area contributed by atoms with Crippen molar-refractivity contribution in [1.29, 1.82) is 0 Å². The fraction of sp³-hybridized carbons (Fsp3) is 0.143. The number of hydrogen-bond donors (Lipinski definition) is 2. The minimum Gasteiger partial charge on any atom is -0.367 e. The Morgan fingerprint density at radius 1 is 1.71 bits per heavy atom. The van der Waals surface area contributed by atoms with Crippen molar-refractivity contribution in [2.75, 3.05) is 12.4 Å². The van der Waals surface area contributed by atoms with E-state index in [0.717, 1.165) is 0 Å². The minimum absolute atomic E-state index is 0.0197. The zero-order valence-electron chi connectivity index (χ0n) is 7.35.